The van der Waals surface area contributed by atoms with Gasteiger partial charge >= 0.3 is 6.09 Å². The molecule has 0 spiro atoms. The molecule has 0 heterocycles. The average molecular weight is 491 g/mol. The number of carbonyl (C=O) groups is 1. The molecule has 0 fully saturated rings. The van der Waals surface area contributed by atoms with Crippen LogP contribution < -0.4 is 9.44 Å². The number of carbonyl (C=O) groups excluding carboxylic acids is 1. The van der Waals surface area contributed by atoms with Crippen molar-refractivity contribution in [1.82, 2.24) is 4.72 Å². The first kappa shape index (κ1) is 24.8. The third-order valence-electron chi connectivity index (χ3n) is 3.71. The van der Waals surface area contributed by atoms with Crippen molar-refractivity contribution >= 4 is 43.4 Å². The van der Waals surface area contributed by atoms with Gasteiger partial charge in [-0.3, -0.25) is 4.72 Å². The number of benzene rings is 2. The predicted molar refractivity (Wildman–Crippen MR) is 117 cm³/mol. The van der Waals surface area contributed by atoms with Crippen molar-refractivity contribution in [1.29, 1.82) is 0 Å². The van der Waals surface area contributed by atoms with Crippen LogP contribution in [0.2, 0.25) is 5.02 Å². The number of aryl methyl sites for hydroxylation is 1. The van der Waals surface area contributed by atoms with Crippen LogP contribution in [-0.2, 0) is 31.2 Å². The molecular formula is C19H23ClN2O7S2. The number of hydrogen-bond donors (Lipinski definition) is 3. The topological polar surface area (TPSA) is 139 Å². The predicted octanol–water partition coefficient (Wildman–Crippen LogP) is 3.24. The summed E-state index contributed by atoms with van der Waals surface area (Å²) in [5.41, 5.74) is -0.560. The van der Waals surface area contributed by atoms with E-state index in [0.717, 1.165) is 23.8 Å². The minimum absolute atomic E-state index is 0.156. The van der Waals surface area contributed by atoms with Gasteiger partial charge in [-0.25, -0.2) is 26.4 Å². The molecule has 9 nitrogen and oxygen atoms in total. The normalized spacial score (nSPS) is 12.3. The van der Waals surface area contributed by atoms with Crippen LogP contribution in [0.1, 0.15) is 26.3 Å². The van der Waals surface area contributed by atoms with Crippen LogP contribution in [0, 0.1) is 0 Å². The van der Waals surface area contributed by atoms with Crippen molar-refractivity contribution in [2.75, 3.05) is 10.5 Å². The summed E-state index contributed by atoms with van der Waals surface area (Å²) in [5, 5.41) is 10.2. The second kappa shape index (κ2) is 9.33. The Hall–Kier alpha value is -2.50. The zero-order valence-corrected chi connectivity index (χ0v) is 19.4. The average Bonchev–Trinajstić information content (AvgIpc) is 2.60. The number of aromatic hydroxyl groups is 1. The van der Waals surface area contributed by atoms with Crippen molar-refractivity contribution in [2.45, 2.75) is 37.7 Å². The number of phenols is 1. The third kappa shape index (κ3) is 7.93. The van der Waals surface area contributed by atoms with Gasteiger partial charge in [-0.1, -0.05) is 23.7 Å². The number of phenolic OH excluding ortho intramolecular Hbond substituents is 1. The van der Waals surface area contributed by atoms with Crippen LogP contribution in [-0.4, -0.2) is 39.4 Å². The molecule has 0 aliphatic heterocycles. The lowest BCUT2D eigenvalue weighted by molar-refractivity contribution is 0.0570. The molecule has 31 heavy (non-hydrogen) atoms. The van der Waals surface area contributed by atoms with Crippen molar-refractivity contribution in [3.8, 4) is 5.75 Å². The summed E-state index contributed by atoms with van der Waals surface area (Å²) in [6, 6.07) is 9.64. The fraction of sp³-hybridized carbons (Fsp3) is 0.316. The molecule has 3 N–H and O–H groups in total. The highest BCUT2D eigenvalue weighted by atomic mass is 35.5. The minimum Gasteiger partial charge on any atom is -0.508 e. The van der Waals surface area contributed by atoms with Gasteiger partial charge in [0, 0.05) is 11.1 Å². The van der Waals surface area contributed by atoms with Gasteiger partial charge in [0.1, 0.15) is 16.2 Å². The summed E-state index contributed by atoms with van der Waals surface area (Å²) >= 11 is 5.81. The van der Waals surface area contributed by atoms with E-state index in [0.29, 0.717) is 5.02 Å². The van der Waals surface area contributed by atoms with Gasteiger partial charge in [0.15, 0.2) is 0 Å². The number of ether oxygens (including phenoxy) is 1. The Morgan fingerprint density at radius 1 is 1.06 bits per heavy atom. The fourth-order valence-electron chi connectivity index (χ4n) is 2.40. The van der Waals surface area contributed by atoms with Crippen LogP contribution in [0.5, 0.6) is 5.75 Å². The maximum Gasteiger partial charge on any atom is 0.421 e. The monoisotopic (exact) mass is 490 g/mol. The lowest BCUT2D eigenvalue weighted by Gasteiger charge is -2.20. The molecular weight excluding hydrogens is 468 g/mol. The van der Waals surface area contributed by atoms with Crippen molar-refractivity contribution in [2.24, 2.45) is 0 Å². The molecule has 1 amide bonds. The van der Waals surface area contributed by atoms with Crippen LogP contribution in [0.4, 0.5) is 10.5 Å². The Bertz CT molecular complexity index is 1160. The Balaban J connectivity index is 2.23. The van der Waals surface area contributed by atoms with Crippen molar-refractivity contribution in [3.05, 3.63) is 53.1 Å². The number of sulfonamides is 2. The number of rotatable bonds is 7. The summed E-state index contributed by atoms with van der Waals surface area (Å²) < 4.78 is 59.1. The summed E-state index contributed by atoms with van der Waals surface area (Å²) in [4.78, 5) is 11.3. The van der Waals surface area contributed by atoms with Gasteiger partial charge in [0.25, 0.3) is 10.0 Å². The second-order valence-electron chi connectivity index (χ2n) is 7.59. The van der Waals surface area contributed by atoms with E-state index in [9.17, 15) is 26.7 Å². The van der Waals surface area contributed by atoms with Crippen LogP contribution in [0.15, 0.2) is 47.4 Å². The first-order valence-electron chi connectivity index (χ1n) is 9.01. The van der Waals surface area contributed by atoms with Crippen LogP contribution in [0.3, 0.4) is 0 Å². The second-order valence-corrected chi connectivity index (χ2v) is 11.5. The van der Waals surface area contributed by atoms with Gasteiger partial charge in [0.05, 0.1) is 11.4 Å². The van der Waals surface area contributed by atoms with E-state index in [1.165, 1.54) is 0 Å². The molecule has 0 radical (unpaired) electrons. The standard InChI is InChI=1S/C19H23ClN2O7S2/c1-19(2,3)29-18(24)22-31(27,28)17-12-15(23)8-9-16(17)21-30(25,26)11-10-13-4-6-14(20)7-5-13/h4-9,12,21,23H,10-11H2,1-3H3,(H,22,24). The molecule has 2 aromatic rings. The van der Waals surface area contributed by atoms with Crippen molar-refractivity contribution < 1.29 is 31.5 Å². The zero-order chi connectivity index (χ0) is 23.4. The van der Waals surface area contributed by atoms with E-state index in [2.05, 4.69) is 4.72 Å². The first-order chi connectivity index (χ1) is 14.2. The lowest BCUT2D eigenvalue weighted by atomic mass is 10.2. The molecule has 0 bridgehead atoms. The summed E-state index contributed by atoms with van der Waals surface area (Å²) in [6.45, 7) is 4.65. The molecule has 0 aliphatic carbocycles. The molecule has 0 unspecified atom stereocenters. The van der Waals surface area contributed by atoms with Crippen LogP contribution in [0.25, 0.3) is 0 Å². The molecule has 0 aliphatic rings. The molecule has 170 valence electrons. The maximum absolute atomic E-state index is 12.6. The number of halogens is 1. The van der Waals surface area contributed by atoms with Gasteiger partial charge < -0.3 is 9.84 Å². The molecule has 12 heteroatoms. The molecule has 0 atom stereocenters. The van der Waals surface area contributed by atoms with Crippen molar-refractivity contribution in [3.63, 3.8) is 0 Å². The van der Waals surface area contributed by atoms with E-state index < -0.39 is 42.4 Å². The van der Waals surface area contributed by atoms with E-state index in [-0.39, 0.29) is 17.9 Å². The smallest absolute Gasteiger partial charge is 0.421 e. The molecule has 2 rings (SSSR count). The zero-order valence-electron chi connectivity index (χ0n) is 17.0. The van der Waals surface area contributed by atoms with Gasteiger partial charge in [-0.05, 0) is 57.0 Å². The summed E-state index contributed by atoms with van der Waals surface area (Å²) in [7, 11) is -8.52. The summed E-state index contributed by atoms with van der Waals surface area (Å²) in [6.07, 6.45) is -1.09. The Morgan fingerprint density at radius 3 is 2.26 bits per heavy atom. The van der Waals surface area contributed by atoms with Gasteiger partial charge in [0.2, 0.25) is 10.0 Å². The molecule has 0 saturated carbocycles. The minimum atomic E-state index is -4.56. The maximum atomic E-state index is 12.6. The highest BCUT2D eigenvalue weighted by molar-refractivity contribution is 7.93. The van der Waals surface area contributed by atoms with Gasteiger partial charge in [-0.15, -0.1) is 0 Å². The SMILES string of the molecule is CC(C)(C)OC(=O)NS(=O)(=O)c1cc(O)ccc1NS(=O)(=O)CCc1ccc(Cl)cc1. The fourth-order valence-corrected chi connectivity index (χ4v) is 4.77. The highest BCUT2D eigenvalue weighted by Crippen LogP contribution is 2.27. The third-order valence-corrected chi connectivity index (χ3v) is 6.59. The highest BCUT2D eigenvalue weighted by Gasteiger charge is 2.27. The van der Waals surface area contributed by atoms with Gasteiger partial charge in [-0.2, -0.15) is 0 Å². The number of anilines is 1. The molecule has 2 aromatic carbocycles. The van der Waals surface area contributed by atoms with Crippen LogP contribution >= 0.6 is 11.6 Å². The molecule has 0 saturated heterocycles. The molecule has 0 aromatic heterocycles. The number of hydrogen-bond acceptors (Lipinski definition) is 7. The first-order valence-corrected chi connectivity index (χ1v) is 12.5. The Morgan fingerprint density at radius 2 is 1.68 bits per heavy atom. The number of nitrogens with one attached hydrogen (secondary N) is 2. The Labute approximate surface area is 186 Å². The quantitative estimate of drug-likeness (QED) is 0.506. The van der Waals surface area contributed by atoms with E-state index in [1.54, 1.807) is 49.8 Å². The number of amides is 1. The van der Waals surface area contributed by atoms with E-state index in [4.69, 9.17) is 16.3 Å². The lowest BCUT2D eigenvalue weighted by Crippen LogP contribution is -2.36. The largest absolute Gasteiger partial charge is 0.508 e. The van der Waals surface area contributed by atoms with E-state index >= 15 is 0 Å². The summed E-state index contributed by atoms with van der Waals surface area (Å²) in [5.74, 6) is -0.775. The van der Waals surface area contributed by atoms with E-state index in [1.807, 2.05) is 0 Å². The Kier molecular flexibility index (Phi) is 7.45.